The second-order valence-corrected chi connectivity index (χ2v) is 6.24. The van der Waals surface area contributed by atoms with Crippen LogP contribution in [0.4, 0.5) is 18.0 Å². The molecule has 21 heavy (non-hydrogen) atoms. The molecule has 1 saturated heterocycles. The highest BCUT2D eigenvalue weighted by Gasteiger charge is 2.64. The van der Waals surface area contributed by atoms with Crippen LogP contribution in [0.2, 0.25) is 0 Å². The lowest BCUT2D eigenvalue weighted by molar-refractivity contribution is -0.190. The van der Waals surface area contributed by atoms with E-state index in [1.54, 1.807) is 16.8 Å². The van der Waals surface area contributed by atoms with Crippen LogP contribution in [-0.2, 0) is 4.79 Å². The van der Waals surface area contributed by atoms with Gasteiger partial charge in [0, 0.05) is 4.47 Å². The molecule has 1 N–H and O–H groups in total. The second kappa shape index (κ2) is 5.09. The van der Waals surface area contributed by atoms with Crippen LogP contribution in [0, 0.1) is 0 Å². The summed E-state index contributed by atoms with van der Waals surface area (Å²) in [6.07, 6.45) is -4.94. The molecule has 1 aromatic heterocycles. The zero-order chi connectivity index (χ0) is 16.0. The maximum Gasteiger partial charge on any atom is 0.420 e. The highest BCUT2D eigenvalue weighted by molar-refractivity contribution is 9.10. The van der Waals surface area contributed by atoms with Crippen LogP contribution in [0.25, 0.3) is 0 Å². The summed E-state index contributed by atoms with van der Waals surface area (Å²) >= 11 is 4.17. The number of carbonyl (C=O) groups is 3. The standard InChI is InChI=1S/C11H8BrF3N2O3S/c1-10(11(13,14)15)8(19)17(9(20)16-10)4-6(18)7-5(12)2-3-21-7/h2-3H,4H2,1H3,(H,16,20). The number of alkyl halides is 3. The van der Waals surface area contributed by atoms with Crippen molar-refractivity contribution < 1.29 is 27.6 Å². The lowest BCUT2D eigenvalue weighted by atomic mass is 10.0. The number of halogens is 4. The summed E-state index contributed by atoms with van der Waals surface area (Å²) in [5.74, 6) is -2.10. The summed E-state index contributed by atoms with van der Waals surface area (Å²) in [5, 5.41) is 3.19. The Bertz CT molecular complexity index is 630. The molecule has 3 amide bonds. The van der Waals surface area contributed by atoms with Crippen LogP contribution in [0.15, 0.2) is 15.9 Å². The molecule has 5 nitrogen and oxygen atoms in total. The monoisotopic (exact) mass is 384 g/mol. The summed E-state index contributed by atoms with van der Waals surface area (Å²) in [6, 6.07) is 0.352. The van der Waals surface area contributed by atoms with E-state index in [2.05, 4.69) is 15.9 Å². The van der Waals surface area contributed by atoms with E-state index in [-0.39, 0.29) is 9.78 Å². The number of Topliss-reactive ketones (excluding diaryl/α,β-unsaturated/α-hetero) is 1. The van der Waals surface area contributed by atoms with Crippen LogP contribution < -0.4 is 5.32 Å². The molecule has 2 heterocycles. The minimum Gasteiger partial charge on any atom is -0.316 e. The Hall–Kier alpha value is -1.42. The second-order valence-electron chi connectivity index (χ2n) is 4.47. The van der Waals surface area contributed by atoms with Crippen LogP contribution in [0.1, 0.15) is 16.6 Å². The van der Waals surface area contributed by atoms with Gasteiger partial charge in [-0.15, -0.1) is 11.3 Å². The highest BCUT2D eigenvalue weighted by Crippen LogP contribution is 2.35. The number of rotatable bonds is 3. The molecule has 10 heteroatoms. The number of thiophene rings is 1. The Labute approximate surface area is 129 Å². The van der Waals surface area contributed by atoms with Crippen molar-refractivity contribution in [3.05, 3.63) is 20.8 Å². The molecule has 1 aromatic rings. The first-order valence-electron chi connectivity index (χ1n) is 5.55. The molecule has 0 bridgehead atoms. The van der Waals surface area contributed by atoms with Gasteiger partial charge in [0.1, 0.15) is 0 Å². The van der Waals surface area contributed by atoms with Gasteiger partial charge in [0.15, 0.2) is 5.78 Å². The molecule has 1 aliphatic rings. The first kappa shape index (κ1) is 16.0. The van der Waals surface area contributed by atoms with Gasteiger partial charge in [0.05, 0.1) is 11.4 Å². The van der Waals surface area contributed by atoms with Crippen LogP contribution in [0.5, 0.6) is 0 Å². The number of ketones is 1. The number of nitrogens with zero attached hydrogens (tertiary/aromatic N) is 1. The molecule has 114 valence electrons. The van der Waals surface area contributed by atoms with E-state index >= 15 is 0 Å². The number of nitrogens with one attached hydrogen (secondary N) is 1. The van der Waals surface area contributed by atoms with Crippen molar-refractivity contribution in [3.8, 4) is 0 Å². The Morgan fingerprint density at radius 2 is 2.10 bits per heavy atom. The first-order chi connectivity index (χ1) is 9.58. The van der Waals surface area contributed by atoms with Crippen LogP contribution >= 0.6 is 27.3 Å². The fourth-order valence-corrected chi connectivity index (χ4v) is 3.27. The van der Waals surface area contributed by atoms with E-state index in [0.29, 0.717) is 11.4 Å². The average molecular weight is 385 g/mol. The molecule has 1 atom stereocenters. The number of urea groups is 1. The topological polar surface area (TPSA) is 66.5 Å². The van der Waals surface area contributed by atoms with E-state index < -0.39 is 36.0 Å². The van der Waals surface area contributed by atoms with Gasteiger partial charge in [-0.2, -0.15) is 13.2 Å². The Morgan fingerprint density at radius 3 is 2.52 bits per heavy atom. The van der Waals surface area contributed by atoms with Gasteiger partial charge in [0.2, 0.25) is 5.54 Å². The SMILES string of the molecule is CC1(C(F)(F)F)NC(=O)N(CC(=O)c2sccc2Br)C1=O. The quantitative estimate of drug-likeness (QED) is 0.643. The fourth-order valence-electron chi connectivity index (χ4n) is 1.74. The maximum absolute atomic E-state index is 12.9. The van der Waals surface area contributed by atoms with Crippen molar-refractivity contribution >= 4 is 45.0 Å². The lowest BCUT2D eigenvalue weighted by Crippen LogP contribution is -2.56. The normalized spacial score (nSPS) is 22.6. The Kier molecular flexibility index (Phi) is 3.87. The number of imide groups is 1. The van der Waals surface area contributed by atoms with E-state index in [9.17, 15) is 27.6 Å². The van der Waals surface area contributed by atoms with Gasteiger partial charge in [-0.25, -0.2) is 4.79 Å². The molecule has 1 unspecified atom stereocenters. The number of hydrogen-bond acceptors (Lipinski definition) is 4. The fraction of sp³-hybridized carbons (Fsp3) is 0.364. The molecule has 0 aromatic carbocycles. The van der Waals surface area contributed by atoms with Crippen LogP contribution in [0.3, 0.4) is 0 Å². The zero-order valence-corrected chi connectivity index (χ0v) is 12.9. The Morgan fingerprint density at radius 1 is 1.48 bits per heavy atom. The number of carbonyl (C=O) groups excluding carboxylic acids is 3. The van der Waals surface area contributed by atoms with Gasteiger partial charge in [-0.3, -0.25) is 14.5 Å². The summed E-state index contributed by atoms with van der Waals surface area (Å²) in [5.41, 5.74) is -3.00. The van der Waals surface area contributed by atoms with Crippen LogP contribution in [-0.4, -0.2) is 40.9 Å². The molecular formula is C11H8BrF3N2O3S. The van der Waals surface area contributed by atoms with Gasteiger partial charge >= 0.3 is 12.2 Å². The molecule has 1 fully saturated rings. The van der Waals surface area contributed by atoms with E-state index in [1.165, 1.54) is 0 Å². The van der Waals surface area contributed by atoms with Gasteiger partial charge in [0.25, 0.3) is 5.91 Å². The molecule has 1 aliphatic heterocycles. The lowest BCUT2D eigenvalue weighted by Gasteiger charge is -2.24. The Balaban J connectivity index is 2.23. The van der Waals surface area contributed by atoms with E-state index in [0.717, 1.165) is 11.3 Å². The highest BCUT2D eigenvalue weighted by atomic mass is 79.9. The van der Waals surface area contributed by atoms with E-state index in [1.807, 2.05) is 0 Å². The van der Waals surface area contributed by atoms with Crippen molar-refractivity contribution in [2.75, 3.05) is 6.54 Å². The first-order valence-corrected chi connectivity index (χ1v) is 7.22. The van der Waals surface area contributed by atoms with Crippen molar-refractivity contribution in [1.82, 2.24) is 10.2 Å². The minimum absolute atomic E-state index is 0.233. The summed E-state index contributed by atoms with van der Waals surface area (Å²) in [4.78, 5) is 35.9. The molecule has 0 aliphatic carbocycles. The van der Waals surface area contributed by atoms with Crippen molar-refractivity contribution in [2.24, 2.45) is 0 Å². The maximum atomic E-state index is 12.9. The van der Waals surface area contributed by atoms with Crippen molar-refractivity contribution in [3.63, 3.8) is 0 Å². The third-order valence-electron chi connectivity index (χ3n) is 3.01. The van der Waals surface area contributed by atoms with Gasteiger partial charge in [-0.1, -0.05) is 0 Å². The molecule has 0 saturated carbocycles. The third-order valence-corrected chi connectivity index (χ3v) is 4.89. The minimum atomic E-state index is -4.94. The van der Waals surface area contributed by atoms with Gasteiger partial charge < -0.3 is 5.32 Å². The summed E-state index contributed by atoms with van der Waals surface area (Å²) in [7, 11) is 0. The smallest absolute Gasteiger partial charge is 0.316 e. The third kappa shape index (κ3) is 2.57. The average Bonchev–Trinajstić information content (AvgIpc) is 2.87. The molecule has 2 rings (SSSR count). The number of hydrogen-bond donors (Lipinski definition) is 1. The molecular weight excluding hydrogens is 377 g/mol. The largest absolute Gasteiger partial charge is 0.420 e. The zero-order valence-electron chi connectivity index (χ0n) is 10.5. The predicted octanol–water partition coefficient (Wildman–Crippen LogP) is 2.57. The summed E-state index contributed by atoms with van der Waals surface area (Å²) < 4.78 is 39.1. The van der Waals surface area contributed by atoms with Crippen molar-refractivity contribution in [2.45, 2.75) is 18.6 Å². The molecule has 0 spiro atoms. The van der Waals surface area contributed by atoms with Crippen molar-refractivity contribution in [1.29, 1.82) is 0 Å². The number of amides is 3. The summed E-state index contributed by atoms with van der Waals surface area (Å²) in [6.45, 7) is -0.172. The van der Waals surface area contributed by atoms with Gasteiger partial charge in [-0.05, 0) is 34.3 Å². The predicted molar refractivity (Wildman–Crippen MR) is 71.1 cm³/mol. The van der Waals surface area contributed by atoms with E-state index in [4.69, 9.17) is 0 Å². The molecule has 0 radical (unpaired) electrons.